The molecule has 0 aliphatic rings. The smallest absolute Gasteiger partial charge is 0.150 e. The molecule has 0 rings (SSSR count). The summed E-state index contributed by atoms with van der Waals surface area (Å²) in [5.74, 6) is 1.02. The maximum Gasteiger partial charge on any atom is 0.150 e. The summed E-state index contributed by atoms with van der Waals surface area (Å²) in [5.41, 5.74) is 0. The summed E-state index contributed by atoms with van der Waals surface area (Å²) in [7, 11) is -5.64. The summed E-state index contributed by atoms with van der Waals surface area (Å²) in [4.78, 5) is 0. The third-order valence-electron chi connectivity index (χ3n) is 3.04. The summed E-state index contributed by atoms with van der Waals surface area (Å²) < 4.78 is 44.8. The van der Waals surface area contributed by atoms with Gasteiger partial charge in [0, 0.05) is 11.5 Å². The predicted octanol–water partition coefficient (Wildman–Crippen LogP) is 2.20. The van der Waals surface area contributed by atoms with Crippen LogP contribution in [0.25, 0.3) is 0 Å². The summed E-state index contributed by atoms with van der Waals surface area (Å²) in [5, 5.41) is 0. The number of hydrogen-bond acceptors (Lipinski definition) is 4. The molecule has 0 heterocycles. The molecule has 0 saturated carbocycles. The van der Waals surface area contributed by atoms with Crippen molar-refractivity contribution < 1.29 is 16.8 Å². The van der Waals surface area contributed by atoms with Gasteiger partial charge in [0.25, 0.3) is 0 Å². The van der Waals surface area contributed by atoms with Crippen LogP contribution in [0.2, 0.25) is 0 Å². The van der Waals surface area contributed by atoms with Crippen molar-refractivity contribution in [2.45, 2.75) is 52.4 Å². The van der Waals surface area contributed by atoms with Crippen molar-refractivity contribution in [3.05, 3.63) is 0 Å². The molecule has 0 aromatic carbocycles. The lowest BCUT2D eigenvalue weighted by molar-refractivity contribution is 0.577. The van der Waals surface area contributed by atoms with Gasteiger partial charge in [0.1, 0.15) is 19.7 Å². The first-order valence-electron chi connectivity index (χ1n) is 6.74. The molecule has 0 fully saturated rings. The van der Waals surface area contributed by atoms with E-state index in [1.807, 2.05) is 0 Å². The lowest BCUT2D eigenvalue weighted by Gasteiger charge is -2.03. The summed E-state index contributed by atoms with van der Waals surface area (Å²) >= 11 is 0. The van der Waals surface area contributed by atoms with E-state index in [1.54, 1.807) is 13.8 Å². The van der Waals surface area contributed by atoms with Crippen molar-refractivity contribution in [1.82, 2.24) is 0 Å². The molecular weight excluding hydrogens is 272 g/mol. The van der Waals surface area contributed by atoms with Crippen LogP contribution in [-0.4, -0.2) is 39.8 Å². The maximum atomic E-state index is 11.2. The van der Waals surface area contributed by atoms with Gasteiger partial charge in [0.15, 0.2) is 0 Å². The molecule has 0 aliphatic carbocycles. The van der Waals surface area contributed by atoms with E-state index in [2.05, 4.69) is 0 Å². The number of sulfone groups is 2. The highest BCUT2D eigenvalue weighted by atomic mass is 32.2. The first-order valence-corrected chi connectivity index (χ1v) is 10.4. The van der Waals surface area contributed by atoms with E-state index >= 15 is 0 Å². The molecule has 0 aromatic heterocycles. The monoisotopic (exact) mass is 298 g/mol. The Morgan fingerprint density at radius 1 is 0.556 bits per heavy atom. The molecule has 4 nitrogen and oxygen atoms in total. The van der Waals surface area contributed by atoms with Gasteiger partial charge in [-0.25, -0.2) is 16.8 Å². The second-order valence-electron chi connectivity index (χ2n) is 4.59. The Balaban J connectivity index is 3.43. The fourth-order valence-electron chi connectivity index (χ4n) is 1.64. The molecule has 0 N–H and O–H groups in total. The molecular formula is C12H26O4S2. The summed E-state index contributed by atoms with van der Waals surface area (Å²) in [6, 6.07) is 0. The van der Waals surface area contributed by atoms with Crippen molar-refractivity contribution in [2.24, 2.45) is 0 Å². The average Bonchev–Trinajstić information content (AvgIpc) is 2.32. The van der Waals surface area contributed by atoms with E-state index in [9.17, 15) is 16.8 Å². The van der Waals surface area contributed by atoms with Crippen molar-refractivity contribution in [3.63, 3.8) is 0 Å². The average molecular weight is 298 g/mol. The molecule has 0 spiro atoms. The van der Waals surface area contributed by atoms with Crippen LogP contribution in [0.5, 0.6) is 0 Å². The van der Waals surface area contributed by atoms with Gasteiger partial charge in [-0.05, 0) is 12.8 Å². The molecule has 110 valence electrons. The molecule has 0 aliphatic heterocycles. The highest BCUT2D eigenvalue weighted by Gasteiger charge is 2.07. The lowest BCUT2D eigenvalue weighted by atomic mass is 10.1. The fraction of sp³-hybridized carbons (Fsp3) is 1.00. The van der Waals surface area contributed by atoms with Crippen molar-refractivity contribution in [2.75, 3.05) is 23.0 Å². The molecule has 0 amide bonds. The minimum atomic E-state index is -2.82. The normalized spacial score (nSPS) is 12.8. The topological polar surface area (TPSA) is 68.3 Å². The quantitative estimate of drug-likeness (QED) is 0.548. The Kier molecular flexibility index (Phi) is 8.86. The Hall–Kier alpha value is -0.100. The van der Waals surface area contributed by atoms with E-state index in [4.69, 9.17) is 0 Å². The molecule has 0 aromatic rings. The largest absolute Gasteiger partial charge is 0.229 e. The van der Waals surface area contributed by atoms with Crippen LogP contribution in [0, 0.1) is 0 Å². The SMILES string of the molecule is CCS(=O)(=O)CCCCCCCCS(=O)(=O)CC. The van der Waals surface area contributed by atoms with Gasteiger partial charge in [-0.3, -0.25) is 0 Å². The van der Waals surface area contributed by atoms with Crippen molar-refractivity contribution in [1.29, 1.82) is 0 Å². The molecule has 0 atom stereocenters. The van der Waals surface area contributed by atoms with E-state index in [0.29, 0.717) is 0 Å². The van der Waals surface area contributed by atoms with Crippen LogP contribution in [0.4, 0.5) is 0 Å². The molecule has 0 bridgehead atoms. The van der Waals surface area contributed by atoms with E-state index in [1.165, 1.54) is 0 Å². The second-order valence-corrected chi connectivity index (χ2v) is 9.54. The van der Waals surface area contributed by atoms with Gasteiger partial charge in [0.05, 0.1) is 11.5 Å². The first-order chi connectivity index (χ1) is 8.33. The molecule has 18 heavy (non-hydrogen) atoms. The first kappa shape index (κ1) is 17.9. The van der Waals surface area contributed by atoms with E-state index < -0.39 is 19.7 Å². The van der Waals surface area contributed by atoms with Crippen LogP contribution >= 0.6 is 0 Å². The lowest BCUT2D eigenvalue weighted by Crippen LogP contribution is -2.08. The number of hydrogen-bond donors (Lipinski definition) is 0. The van der Waals surface area contributed by atoms with Gasteiger partial charge in [-0.1, -0.05) is 39.5 Å². The second kappa shape index (κ2) is 8.91. The summed E-state index contributed by atoms with van der Waals surface area (Å²) in [6.45, 7) is 3.34. The van der Waals surface area contributed by atoms with Crippen LogP contribution in [0.1, 0.15) is 52.4 Å². The Labute approximate surface area is 112 Å². The number of unbranched alkanes of at least 4 members (excludes halogenated alkanes) is 5. The molecule has 0 unspecified atom stereocenters. The van der Waals surface area contributed by atoms with E-state index in [-0.39, 0.29) is 23.0 Å². The zero-order chi connectivity index (χ0) is 14.1. The molecule has 0 saturated heterocycles. The van der Waals surface area contributed by atoms with Crippen LogP contribution in [-0.2, 0) is 19.7 Å². The molecule has 0 radical (unpaired) electrons. The van der Waals surface area contributed by atoms with Gasteiger partial charge in [-0.2, -0.15) is 0 Å². The maximum absolute atomic E-state index is 11.2. The number of rotatable bonds is 11. The highest BCUT2D eigenvalue weighted by molar-refractivity contribution is 7.91. The summed E-state index contributed by atoms with van der Waals surface area (Å²) in [6.07, 6.45) is 5.27. The van der Waals surface area contributed by atoms with Crippen LogP contribution in [0.15, 0.2) is 0 Å². The van der Waals surface area contributed by atoms with E-state index in [0.717, 1.165) is 38.5 Å². The Morgan fingerprint density at radius 2 is 0.833 bits per heavy atom. The third kappa shape index (κ3) is 9.88. The standard InChI is InChI=1S/C12H26O4S2/c1-3-17(13,14)11-9-7-5-6-8-10-12-18(15,16)4-2/h3-12H2,1-2H3. The Bertz CT molecular complexity index is 356. The zero-order valence-electron chi connectivity index (χ0n) is 11.5. The van der Waals surface area contributed by atoms with Crippen molar-refractivity contribution >= 4 is 19.7 Å². The zero-order valence-corrected chi connectivity index (χ0v) is 13.2. The van der Waals surface area contributed by atoms with Crippen molar-refractivity contribution in [3.8, 4) is 0 Å². The highest BCUT2D eigenvalue weighted by Crippen LogP contribution is 2.08. The van der Waals surface area contributed by atoms with Gasteiger partial charge < -0.3 is 0 Å². The minimum absolute atomic E-state index is 0.224. The molecule has 6 heteroatoms. The van der Waals surface area contributed by atoms with Gasteiger partial charge in [-0.15, -0.1) is 0 Å². The van der Waals surface area contributed by atoms with Crippen LogP contribution < -0.4 is 0 Å². The predicted molar refractivity (Wildman–Crippen MR) is 76.4 cm³/mol. The Morgan fingerprint density at radius 3 is 1.11 bits per heavy atom. The van der Waals surface area contributed by atoms with Crippen LogP contribution in [0.3, 0.4) is 0 Å². The third-order valence-corrected chi connectivity index (χ3v) is 6.62. The fourth-order valence-corrected chi connectivity index (χ4v) is 3.50. The van der Waals surface area contributed by atoms with Gasteiger partial charge in [0.2, 0.25) is 0 Å². The van der Waals surface area contributed by atoms with Gasteiger partial charge >= 0.3 is 0 Å². The minimum Gasteiger partial charge on any atom is -0.229 e.